The number of carbonyl (C=O) groups is 1. The Kier molecular flexibility index (Phi) is 5.47. The number of aromatic nitrogens is 1. The zero-order valence-electron chi connectivity index (χ0n) is 14.9. The molecule has 148 valence electrons. The van der Waals surface area contributed by atoms with Gasteiger partial charge in [-0.3, -0.25) is 4.79 Å². The molecule has 0 aliphatic heterocycles. The quantitative estimate of drug-likeness (QED) is 0.382. The number of benzene rings is 2. The van der Waals surface area contributed by atoms with Crippen LogP contribution in [0.5, 0.6) is 0 Å². The summed E-state index contributed by atoms with van der Waals surface area (Å²) in [5, 5.41) is 4.70. The Morgan fingerprint density at radius 3 is 2.48 bits per heavy atom. The molecule has 4 aromatic rings. The lowest BCUT2D eigenvalue weighted by Gasteiger charge is -2.12. The van der Waals surface area contributed by atoms with Crippen LogP contribution in [0.4, 0.5) is 13.2 Å². The van der Waals surface area contributed by atoms with E-state index < -0.39 is 11.6 Å². The molecule has 0 saturated carbocycles. The van der Waals surface area contributed by atoms with E-state index in [0.717, 1.165) is 26.3 Å². The van der Waals surface area contributed by atoms with E-state index in [1.165, 1.54) is 35.6 Å². The standard InChI is InChI=1S/C21H14BrF3N2OS/c22-16-11-29-19-8-18(21(28)26-9-12-1-4-14(23)5-2-12)27(20(16)19)10-13-3-6-15(24)7-17(13)25/h1-8,11H,9-10H2,(H,26,28). The summed E-state index contributed by atoms with van der Waals surface area (Å²) in [5.74, 6) is -2.01. The van der Waals surface area contributed by atoms with Crippen LogP contribution in [-0.4, -0.2) is 10.5 Å². The van der Waals surface area contributed by atoms with Crippen molar-refractivity contribution in [2.45, 2.75) is 13.1 Å². The predicted molar refractivity (Wildman–Crippen MR) is 111 cm³/mol. The van der Waals surface area contributed by atoms with Gasteiger partial charge in [-0.1, -0.05) is 18.2 Å². The molecular weight excluding hydrogens is 465 g/mol. The number of carbonyl (C=O) groups excluding carboxylic acids is 1. The molecule has 4 rings (SSSR count). The molecular formula is C21H14BrF3N2OS. The smallest absolute Gasteiger partial charge is 0.268 e. The molecule has 0 bridgehead atoms. The van der Waals surface area contributed by atoms with Crippen LogP contribution < -0.4 is 5.32 Å². The fraction of sp³-hybridized carbons (Fsp3) is 0.0952. The van der Waals surface area contributed by atoms with Gasteiger partial charge in [0, 0.05) is 23.6 Å². The average Bonchev–Trinajstić information content (AvgIpc) is 3.23. The summed E-state index contributed by atoms with van der Waals surface area (Å²) >= 11 is 4.93. The van der Waals surface area contributed by atoms with Gasteiger partial charge in [0.1, 0.15) is 23.1 Å². The van der Waals surface area contributed by atoms with E-state index in [9.17, 15) is 18.0 Å². The van der Waals surface area contributed by atoms with Crippen LogP contribution in [0.15, 0.2) is 58.4 Å². The third-order valence-corrected chi connectivity index (χ3v) is 6.35. The van der Waals surface area contributed by atoms with E-state index in [0.29, 0.717) is 5.69 Å². The summed E-state index contributed by atoms with van der Waals surface area (Å²) < 4.78 is 43.9. The van der Waals surface area contributed by atoms with Crippen molar-refractivity contribution in [3.05, 3.63) is 92.7 Å². The molecule has 2 aromatic heterocycles. The topological polar surface area (TPSA) is 34.0 Å². The number of nitrogens with zero attached hydrogens (tertiary/aromatic N) is 1. The normalized spacial score (nSPS) is 11.2. The summed E-state index contributed by atoms with van der Waals surface area (Å²) in [4.78, 5) is 12.8. The molecule has 1 N–H and O–H groups in total. The molecule has 0 unspecified atom stereocenters. The largest absolute Gasteiger partial charge is 0.347 e. The molecule has 2 aromatic carbocycles. The van der Waals surface area contributed by atoms with Gasteiger partial charge in [-0.05, 0) is 45.8 Å². The molecule has 0 atom stereocenters. The Morgan fingerprint density at radius 1 is 1.03 bits per heavy atom. The number of halogens is 4. The number of nitrogens with one attached hydrogen (secondary N) is 1. The fourth-order valence-corrected chi connectivity index (χ4v) is 4.77. The highest BCUT2D eigenvalue weighted by Crippen LogP contribution is 2.34. The first-order valence-electron chi connectivity index (χ1n) is 8.65. The molecule has 29 heavy (non-hydrogen) atoms. The lowest BCUT2D eigenvalue weighted by atomic mass is 10.2. The Bertz CT molecular complexity index is 1200. The first-order chi connectivity index (χ1) is 13.9. The maximum atomic E-state index is 14.2. The number of fused-ring (bicyclic) bond motifs is 1. The van der Waals surface area contributed by atoms with Crippen molar-refractivity contribution in [3.8, 4) is 0 Å². The van der Waals surface area contributed by atoms with Gasteiger partial charge < -0.3 is 9.88 Å². The van der Waals surface area contributed by atoms with Crippen LogP contribution >= 0.6 is 27.3 Å². The first-order valence-corrected chi connectivity index (χ1v) is 10.3. The van der Waals surface area contributed by atoms with Crippen LogP contribution in [-0.2, 0) is 13.1 Å². The van der Waals surface area contributed by atoms with E-state index in [-0.39, 0.29) is 30.4 Å². The van der Waals surface area contributed by atoms with Crippen molar-refractivity contribution in [2.24, 2.45) is 0 Å². The minimum Gasteiger partial charge on any atom is -0.347 e. The number of rotatable bonds is 5. The second-order valence-corrected chi connectivity index (χ2v) is 8.22. The maximum absolute atomic E-state index is 14.2. The third-order valence-electron chi connectivity index (χ3n) is 4.52. The Labute approximate surface area is 176 Å². The highest BCUT2D eigenvalue weighted by atomic mass is 79.9. The van der Waals surface area contributed by atoms with Gasteiger partial charge in [0.15, 0.2) is 0 Å². The molecule has 0 aliphatic rings. The van der Waals surface area contributed by atoms with Crippen molar-refractivity contribution in [1.82, 2.24) is 9.88 Å². The van der Waals surface area contributed by atoms with Crippen molar-refractivity contribution in [2.75, 3.05) is 0 Å². The van der Waals surface area contributed by atoms with Gasteiger partial charge in [0.2, 0.25) is 0 Å². The SMILES string of the molecule is O=C(NCc1ccc(F)cc1)c1cc2scc(Br)c2n1Cc1ccc(F)cc1F. The Morgan fingerprint density at radius 2 is 1.76 bits per heavy atom. The first kappa shape index (κ1) is 19.7. The second-order valence-electron chi connectivity index (χ2n) is 6.46. The van der Waals surface area contributed by atoms with E-state index in [2.05, 4.69) is 21.2 Å². The van der Waals surface area contributed by atoms with Gasteiger partial charge >= 0.3 is 0 Å². The van der Waals surface area contributed by atoms with Gasteiger partial charge in [0.25, 0.3) is 5.91 Å². The highest BCUT2D eigenvalue weighted by Gasteiger charge is 2.20. The van der Waals surface area contributed by atoms with Crippen LogP contribution in [0.2, 0.25) is 0 Å². The number of hydrogen-bond donors (Lipinski definition) is 1. The van der Waals surface area contributed by atoms with Gasteiger partial charge in [0.05, 0.1) is 21.2 Å². The number of thiophene rings is 1. The molecule has 0 radical (unpaired) electrons. The Balaban J connectivity index is 1.65. The number of hydrogen-bond acceptors (Lipinski definition) is 2. The molecule has 0 saturated heterocycles. The summed E-state index contributed by atoms with van der Waals surface area (Å²) in [5.41, 5.74) is 2.16. The van der Waals surface area contributed by atoms with Crippen molar-refractivity contribution >= 4 is 43.4 Å². The van der Waals surface area contributed by atoms with Crippen LogP contribution in [0.3, 0.4) is 0 Å². The maximum Gasteiger partial charge on any atom is 0.268 e. The summed E-state index contributed by atoms with van der Waals surface area (Å²) in [7, 11) is 0. The molecule has 8 heteroatoms. The lowest BCUT2D eigenvalue weighted by molar-refractivity contribution is 0.0942. The molecule has 2 heterocycles. The third kappa shape index (κ3) is 4.09. The van der Waals surface area contributed by atoms with Crippen molar-refractivity contribution in [1.29, 1.82) is 0 Å². The average molecular weight is 479 g/mol. The fourth-order valence-electron chi connectivity index (χ4n) is 3.08. The van der Waals surface area contributed by atoms with Crippen LogP contribution in [0.1, 0.15) is 21.6 Å². The minimum absolute atomic E-state index is 0.0737. The summed E-state index contributed by atoms with van der Waals surface area (Å²) in [6.45, 7) is 0.300. The molecule has 0 aliphatic carbocycles. The highest BCUT2D eigenvalue weighted by molar-refractivity contribution is 9.10. The van der Waals surface area contributed by atoms with Gasteiger partial charge in [-0.15, -0.1) is 11.3 Å². The monoisotopic (exact) mass is 478 g/mol. The van der Waals surface area contributed by atoms with E-state index in [1.54, 1.807) is 22.8 Å². The van der Waals surface area contributed by atoms with E-state index in [1.807, 2.05) is 5.38 Å². The van der Waals surface area contributed by atoms with Gasteiger partial charge in [-0.2, -0.15) is 0 Å². The van der Waals surface area contributed by atoms with Gasteiger partial charge in [-0.25, -0.2) is 13.2 Å². The van der Waals surface area contributed by atoms with E-state index >= 15 is 0 Å². The molecule has 0 fully saturated rings. The number of amides is 1. The predicted octanol–water partition coefficient (Wildman–Crippen LogP) is 5.86. The molecule has 3 nitrogen and oxygen atoms in total. The van der Waals surface area contributed by atoms with Crippen LogP contribution in [0.25, 0.3) is 10.2 Å². The van der Waals surface area contributed by atoms with Crippen molar-refractivity contribution in [3.63, 3.8) is 0 Å². The molecule has 0 spiro atoms. The van der Waals surface area contributed by atoms with Crippen molar-refractivity contribution < 1.29 is 18.0 Å². The zero-order chi connectivity index (χ0) is 20.5. The summed E-state index contributed by atoms with van der Waals surface area (Å²) in [6.07, 6.45) is 0. The second kappa shape index (κ2) is 8.04. The zero-order valence-corrected chi connectivity index (χ0v) is 17.3. The summed E-state index contributed by atoms with van der Waals surface area (Å²) in [6, 6.07) is 11.0. The minimum atomic E-state index is -0.670. The Hall–Kier alpha value is -2.58. The molecule has 1 amide bonds. The van der Waals surface area contributed by atoms with Crippen LogP contribution in [0, 0.1) is 17.5 Å². The van der Waals surface area contributed by atoms with E-state index in [4.69, 9.17) is 0 Å². The lowest BCUT2D eigenvalue weighted by Crippen LogP contribution is -2.25.